The van der Waals surface area contributed by atoms with Crippen molar-refractivity contribution in [3.63, 3.8) is 0 Å². The summed E-state index contributed by atoms with van der Waals surface area (Å²) >= 11 is 0. The highest BCUT2D eigenvalue weighted by Gasteiger charge is 2.17. The van der Waals surface area contributed by atoms with E-state index in [4.69, 9.17) is 9.11 Å². The van der Waals surface area contributed by atoms with E-state index >= 15 is 0 Å². The summed E-state index contributed by atoms with van der Waals surface area (Å²) in [6, 6.07) is 4.59. The van der Waals surface area contributed by atoms with Crippen LogP contribution in [0.4, 0.5) is 5.69 Å². The van der Waals surface area contributed by atoms with Crippen molar-refractivity contribution in [2.45, 2.75) is 4.90 Å². The molecule has 0 saturated heterocycles. The minimum atomic E-state index is -4.50. The highest BCUT2D eigenvalue weighted by Crippen LogP contribution is 2.14. The first-order valence-electron chi connectivity index (χ1n) is 5.13. The van der Waals surface area contributed by atoms with E-state index in [1.807, 2.05) is 0 Å². The summed E-state index contributed by atoms with van der Waals surface area (Å²) in [6.07, 6.45) is 0. The van der Waals surface area contributed by atoms with E-state index in [-0.39, 0.29) is 10.6 Å². The molecule has 0 aliphatic carbocycles. The molecule has 0 bridgehead atoms. The molecule has 0 spiro atoms. The maximum atomic E-state index is 11.7. The van der Waals surface area contributed by atoms with Crippen molar-refractivity contribution in [3.05, 3.63) is 24.3 Å². The fourth-order valence-corrected chi connectivity index (χ4v) is 3.39. The van der Waals surface area contributed by atoms with Crippen LogP contribution in [0.2, 0.25) is 0 Å². The Bertz CT molecular complexity index is 796. The molecule has 10 nitrogen and oxygen atoms in total. The van der Waals surface area contributed by atoms with Gasteiger partial charge in [0.15, 0.2) is 0 Å². The largest absolute Gasteiger partial charge is 0.370 e. The van der Waals surface area contributed by atoms with E-state index in [1.54, 1.807) is 4.72 Å². The van der Waals surface area contributed by atoms with Crippen LogP contribution in [-0.4, -0.2) is 46.1 Å². The zero-order chi connectivity index (χ0) is 16.3. The Morgan fingerprint density at radius 1 is 0.810 bits per heavy atom. The number of benzene rings is 1. The monoisotopic (exact) mass is 360 g/mol. The third-order valence-corrected chi connectivity index (χ3v) is 4.67. The highest BCUT2D eigenvalue weighted by atomic mass is 32.2. The summed E-state index contributed by atoms with van der Waals surface area (Å²) < 4.78 is 84.0. The lowest BCUT2D eigenvalue weighted by Crippen LogP contribution is -2.29. The van der Waals surface area contributed by atoms with Crippen LogP contribution in [0.3, 0.4) is 0 Å². The van der Waals surface area contributed by atoms with Crippen LogP contribution in [0.5, 0.6) is 0 Å². The summed E-state index contributed by atoms with van der Waals surface area (Å²) in [5, 5.41) is 2.33. The van der Waals surface area contributed by atoms with Crippen LogP contribution in [0.15, 0.2) is 29.2 Å². The molecule has 0 aromatic heterocycles. The molecule has 4 N–H and O–H groups in total. The van der Waals surface area contributed by atoms with Gasteiger partial charge in [-0.3, -0.25) is 9.11 Å². The lowest BCUT2D eigenvalue weighted by molar-refractivity contribution is 0.479. The van der Waals surface area contributed by atoms with Crippen molar-refractivity contribution in [1.82, 2.24) is 4.72 Å². The normalized spacial score (nSPS) is 13.0. The quantitative estimate of drug-likeness (QED) is 0.449. The van der Waals surface area contributed by atoms with Gasteiger partial charge in [0.1, 0.15) is 11.8 Å². The van der Waals surface area contributed by atoms with Crippen molar-refractivity contribution >= 4 is 35.9 Å². The molecule has 0 fully saturated rings. The van der Waals surface area contributed by atoms with Gasteiger partial charge in [0.2, 0.25) is 10.0 Å². The number of anilines is 1. The number of nitrogens with one attached hydrogen (secondary N) is 2. The molecule has 21 heavy (non-hydrogen) atoms. The predicted octanol–water partition coefficient (Wildman–Crippen LogP) is -0.933. The average Bonchev–Trinajstić information content (AvgIpc) is 2.33. The number of hydrogen-bond acceptors (Lipinski definition) is 7. The minimum absolute atomic E-state index is 0.223. The van der Waals surface area contributed by atoms with Crippen LogP contribution in [0, 0.1) is 0 Å². The topological polar surface area (TPSA) is 167 Å². The SMILES string of the molecule is O=S(=O)(O)CNc1ccc(S(=O)(=O)NCS(=O)(=O)O)cc1. The average molecular weight is 360 g/mol. The molecule has 0 saturated carbocycles. The first-order valence-corrected chi connectivity index (χ1v) is 9.83. The summed E-state index contributed by atoms with van der Waals surface area (Å²) in [5.41, 5.74) is 0.223. The van der Waals surface area contributed by atoms with Gasteiger partial charge in [-0.05, 0) is 24.3 Å². The lowest BCUT2D eigenvalue weighted by atomic mass is 10.3. The predicted molar refractivity (Wildman–Crippen MR) is 73.2 cm³/mol. The third kappa shape index (κ3) is 6.83. The van der Waals surface area contributed by atoms with Gasteiger partial charge < -0.3 is 5.32 Å². The molecular weight excluding hydrogens is 348 g/mol. The molecule has 13 heteroatoms. The van der Waals surface area contributed by atoms with Crippen LogP contribution >= 0.6 is 0 Å². The Labute approximate surface area is 121 Å². The smallest absolute Gasteiger partial charge is 0.283 e. The van der Waals surface area contributed by atoms with E-state index in [2.05, 4.69) is 5.32 Å². The van der Waals surface area contributed by atoms with Crippen molar-refractivity contribution in [3.8, 4) is 0 Å². The summed E-state index contributed by atoms with van der Waals surface area (Å²) in [5.74, 6) is -1.92. The molecule has 0 radical (unpaired) electrons. The highest BCUT2D eigenvalue weighted by molar-refractivity contribution is 7.91. The molecule has 1 aromatic carbocycles. The van der Waals surface area contributed by atoms with Gasteiger partial charge in [-0.25, -0.2) is 8.42 Å². The van der Waals surface area contributed by atoms with E-state index < -0.39 is 42.0 Å². The lowest BCUT2D eigenvalue weighted by Gasteiger charge is -2.07. The summed E-state index contributed by atoms with van der Waals surface area (Å²) in [4.78, 5) is -0.288. The minimum Gasteiger partial charge on any atom is -0.370 e. The van der Waals surface area contributed by atoms with Crippen molar-refractivity contribution in [1.29, 1.82) is 0 Å². The number of rotatable bonds is 7. The molecule has 0 atom stereocenters. The van der Waals surface area contributed by atoms with Gasteiger partial charge in [0.05, 0.1) is 4.90 Å². The van der Waals surface area contributed by atoms with Gasteiger partial charge in [-0.15, -0.1) is 0 Å². The number of hydrogen-bond donors (Lipinski definition) is 4. The first-order chi connectivity index (χ1) is 9.39. The second kappa shape index (κ2) is 6.25. The fraction of sp³-hybridized carbons (Fsp3) is 0.250. The molecule has 120 valence electrons. The van der Waals surface area contributed by atoms with Gasteiger partial charge >= 0.3 is 0 Å². The summed E-state index contributed by atoms with van der Waals surface area (Å²) in [6.45, 7) is 0. The molecule has 0 amide bonds. The van der Waals surface area contributed by atoms with Gasteiger partial charge in [0, 0.05) is 5.69 Å². The Balaban J connectivity index is 2.82. The Hall–Kier alpha value is -1.25. The number of sulfonamides is 1. The van der Waals surface area contributed by atoms with Crippen molar-refractivity contribution in [2.75, 3.05) is 17.1 Å². The van der Waals surface area contributed by atoms with Crippen LogP contribution in [-0.2, 0) is 30.3 Å². The first kappa shape index (κ1) is 17.8. The second-order valence-corrected chi connectivity index (χ2v) is 8.47. The third-order valence-electron chi connectivity index (χ3n) is 2.05. The molecule has 0 unspecified atom stereocenters. The molecule has 0 aliphatic heterocycles. The molecule has 1 rings (SSSR count). The molecular formula is C8H12N2O8S3. The summed E-state index contributed by atoms with van der Waals surface area (Å²) in [7, 11) is -12.9. The van der Waals surface area contributed by atoms with Crippen molar-refractivity contribution in [2.24, 2.45) is 0 Å². The fourth-order valence-electron chi connectivity index (χ4n) is 1.16. The van der Waals surface area contributed by atoms with Crippen LogP contribution in [0.25, 0.3) is 0 Å². The maximum Gasteiger partial charge on any atom is 0.283 e. The molecule has 0 heterocycles. The molecule has 0 aliphatic rings. The second-order valence-electron chi connectivity index (χ2n) is 3.80. The van der Waals surface area contributed by atoms with Gasteiger partial charge in [0.25, 0.3) is 20.2 Å². The zero-order valence-electron chi connectivity index (χ0n) is 10.3. The van der Waals surface area contributed by atoms with E-state index in [9.17, 15) is 25.3 Å². The van der Waals surface area contributed by atoms with E-state index in [0.29, 0.717) is 0 Å². The van der Waals surface area contributed by atoms with Crippen LogP contribution in [0.1, 0.15) is 0 Å². The maximum absolute atomic E-state index is 11.7. The van der Waals surface area contributed by atoms with Crippen LogP contribution < -0.4 is 10.0 Å². The van der Waals surface area contributed by atoms with Gasteiger partial charge in [-0.1, -0.05) is 0 Å². The Kier molecular flexibility index (Phi) is 5.30. The standard InChI is InChI=1S/C8H12N2O8S3/c11-19(12,13)5-9-7-1-3-8(4-2-7)21(17,18)10-6-20(14,15)16/h1-4,9-10H,5-6H2,(H,11,12,13)(H,14,15,16). The van der Waals surface area contributed by atoms with Crippen molar-refractivity contribution < 1.29 is 34.4 Å². The Morgan fingerprint density at radius 2 is 1.29 bits per heavy atom. The van der Waals surface area contributed by atoms with E-state index in [1.165, 1.54) is 12.1 Å². The van der Waals surface area contributed by atoms with Gasteiger partial charge in [-0.2, -0.15) is 21.6 Å². The Morgan fingerprint density at radius 3 is 1.71 bits per heavy atom. The molecule has 1 aromatic rings. The zero-order valence-corrected chi connectivity index (χ0v) is 12.7. The van der Waals surface area contributed by atoms with E-state index in [0.717, 1.165) is 12.1 Å².